The predicted octanol–water partition coefficient (Wildman–Crippen LogP) is 2.87. The minimum atomic E-state index is -0.230. The molecule has 1 unspecified atom stereocenters. The van der Waals surface area contributed by atoms with Gasteiger partial charge in [-0.2, -0.15) is 0 Å². The first-order valence-corrected chi connectivity index (χ1v) is 9.54. The summed E-state index contributed by atoms with van der Waals surface area (Å²) in [5.41, 5.74) is 2.91. The number of benzene rings is 2. The molecule has 0 N–H and O–H groups in total. The van der Waals surface area contributed by atoms with Gasteiger partial charge in [0.2, 0.25) is 0 Å². The molecular formula is C22H23N3O4. The predicted molar refractivity (Wildman–Crippen MR) is 108 cm³/mol. The van der Waals surface area contributed by atoms with Crippen molar-refractivity contribution in [3.05, 3.63) is 59.9 Å². The van der Waals surface area contributed by atoms with Gasteiger partial charge in [-0.25, -0.2) is 4.98 Å². The first kappa shape index (κ1) is 19.1. The van der Waals surface area contributed by atoms with Crippen LogP contribution in [0.5, 0.6) is 11.5 Å². The number of amides is 1. The van der Waals surface area contributed by atoms with Gasteiger partial charge in [-0.15, -0.1) is 0 Å². The zero-order valence-electron chi connectivity index (χ0n) is 16.5. The standard InChI is InChI=1S/C22H23N3O4/c1-15-7-8-20(21(11-15)27-2)29-14-16-13-25(9-10-28-16)22(26)19-12-23-17-5-3-4-6-18(17)24-19/h3-8,11-12,16H,9-10,13-14H2,1-2H3. The molecule has 1 atom stereocenters. The molecule has 2 heterocycles. The summed E-state index contributed by atoms with van der Waals surface area (Å²) in [5, 5.41) is 0. The van der Waals surface area contributed by atoms with Gasteiger partial charge >= 0.3 is 0 Å². The molecule has 1 amide bonds. The number of para-hydroxylation sites is 2. The number of aromatic nitrogens is 2. The highest BCUT2D eigenvalue weighted by atomic mass is 16.5. The van der Waals surface area contributed by atoms with Crippen molar-refractivity contribution in [3.63, 3.8) is 0 Å². The number of aryl methyl sites for hydroxylation is 1. The molecule has 0 aliphatic carbocycles. The van der Waals surface area contributed by atoms with Crippen molar-refractivity contribution >= 4 is 16.9 Å². The molecule has 1 saturated heterocycles. The quantitative estimate of drug-likeness (QED) is 0.664. The lowest BCUT2D eigenvalue weighted by atomic mass is 10.2. The van der Waals surface area contributed by atoms with Crippen LogP contribution in [-0.4, -0.2) is 60.3 Å². The van der Waals surface area contributed by atoms with Crippen molar-refractivity contribution in [2.24, 2.45) is 0 Å². The minimum Gasteiger partial charge on any atom is -0.493 e. The first-order valence-electron chi connectivity index (χ1n) is 9.54. The molecule has 0 radical (unpaired) electrons. The number of carbonyl (C=O) groups is 1. The van der Waals surface area contributed by atoms with E-state index in [2.05, 4.69) is 9.97 Å². The number of carbonyl (C=O) groups excluding carboxylic acids is 1. The summed E-state index contributed by atoms with van der Waals surface area (Å²) >= 11 is 0. The Morgan fingerprint density at radius 2 is 2.03 bits per heavy atom. The molecule has 150 valence electrons. The van der Waals surface area contributed by atoms with Crippen LogP contribution >= 0.6 is 0 Å². The number of ether oxygens (including phenoxy) is 3. The van der Waals surface area contributed by atoms with Gasteiger partial charge in [0.15, 0.2) is 11.5 Å². The lowest BCUT2D eigenvalue weighted by Crippen LogP contribution is -2.47. The SMILES string of the molecule is COc1cc(C)ccc1OCC1CN(C(=O)c2cnc3ccccc3n2)CCO1. The normalized spacial score (nSPS) is 16.6. The fourth-order valence-corrected chi connectivity index (χ4v) is 3.30. The molecule has 0 saturated carbocycles. The zero-order valence-corrected chi connectivity index (χ0v) is 16.5. The van der Waals surface area contributed by atoms with Gasteiger partial charge in [-0.05, 0) is 36.8 Å². The van der Waals surface area contributed by atoms with Gasteiger partial charge in [0.05, 0.1) is 37.5 Å². The maximum Gasteiger partial charge on any atom is 0.274 e. The second-order valence-corrected chi connectivity index (χ2v) is 6.95. The number of methoxy groups -OCH3 is 1. The Kier molecular flexibility index (Phi) is 5.57. The van der Waals surface area contributed by atoms with E-state index in [9.17, 15) is 4.79 Å². The molecule has 0 bridgehead atoms. The highest BCUT2D eigenvalue weighted by molar-refractivity contribution is 5.93. The van der Waals surface area contributed by atoms with E-state index in [0.29, 0.717) is 49.0 Å². The molecule has 1 aliphatic rings. The van der Waals surface area contributed by atoms with Gasteiger partial charge in [0.25, 0.3) is 5.91 Å². The highest BCUT2D eigenvalue weighted by Crippen LogP contribution is 2.28. The molecule has 2 aromatic carbocycles. The third-order valence-electron chi connectivity index (χ3n) is 4.84. The van der Waals surface area contributed by atoms with Gasteiger partial charge in [0, 0.05) is 6.54 Å². The molecule has 3 aromatic rings. The van der Waals surface area contributed by atoms with Gasteiger partial charge in [-0.1, -0.05) is 18.2 Å². The summed E-state index contributed by atoms with van der Waals surface area (Å²) in [6.45, 7) is 3.72. The van der Waals surface area contributed by atoms with Crippen LogP contribution in [0, 0.1) is 6.92 Å². The molecule has 7 heteroatoms. The van der Waals surface area contributed by atoms with Crippen LogP contribution in [0.1, 0.15) is 16.1 Å². The smallest absolute Gasteiger partial charge is 0.274 e. The topological polar surface area (TPSA) is 73.8 Å². The third kappa shape index (κ3) is 4.30. The number of morpholine rings is 1. The number of nitrogens with zero attached hydrogens (tertiary/aromatic N) is 3. The molecule has 1 aromatic heterocycles. The van der Waals surface area contributed by atoms with E-state index >= 15 is 0 Å². The molecule has 29 heavy (non-hydrogen) atoms. The Morgan fingerprint density at radius 1 is 1.21 bits per heavy atom. The van der Waals surface area contributed by atoms with Crippen molar-refractivity contribution in [1.29, 1.82) is 0 Å². The zero-order chi connectivity index (χ0) is 20.2. The van der Waals surface area contributed by atoms with Crippen molar-refractivity contribution in [2.45, 2.75) is 13.0 Å². The van der Waals surface area contributed by atoms with Crippen LogP contribution < -0.4 is 9.47 Å². The first-order chi connectivity index (χ1) is 14.1. The van der Waals surface area contributed by atoms with Crippen LogP contribution in [0.25, 0.3) is 11.0 Å². The number of rotatable bonds is 5. The van der Waals surface area contributed by atoms with E-state index in [1.54, 1.807) is 12.0 Å². The van der Waals surface area contributed by atoms with Crippen LogP contribution in [0.15, 0.2) is 48.7 Å². The maximum atomic E-state index is 12.9. The molecule has 0 spiro atoms. The Labute approximate surface area is 169 Å². The number of hydrogen-bond donors (Lipinski definition) is 0. The van der Waals surface area contributed by atoms with E-state index in [-0.39, 0.29) is 12.0 Å². The van der Waals surface area contributed by atoms with Gasteiger partial charge in [-0.3, -0.25) is 9.78 Å². The summed E-state index contributed by atoms with van der Waals surface area (Å²) in [7, 11) is 1.61. The summed E-state index contributed by atoms with van der Waals surface area (Å²) in [6, 6.07) is 13.3. The molecule has 1 aliphatic heterocycles. The van der Waals surface area contributed by atoms with Crippen molar-refractivity contribution in [1.82, 2.24) is 14.9 Å². The fourth-order valence-electron chi connectivity index (χ4n) is 3.30. The average Bonchev–Trinajstić information content (AvgIpc) is 2.77. The Balaban J connectivity index is 1.41. The van der Waals surface area contributed by atoms with Crippen LogP contribution in [0.3, 0.4) is 0 Å². The lowest BCUT2D eigenvalue weighted by molar-refractivity contribution is -0.0405. The lowest BCUT2D eigenvalue weighted by Gasteiger charge is -2.32. The minimum absolute atomic E-state index is 0.149. The Bertz CT molecular complexity index is 1020. The van der Waals surface area contributed by atoms with Gasteiger partial charge in [0.1, 0.15) is 18.4 Å². The van der Waals surface area contributed by atoms with Crippen molar-refractivity contribution in [2.75, 3.05) is 33.4 Å². The largest absolute Gasteiger partial charge is 0.493 e. The average molecular weight is 393 g/mol. The van der Waals surface area contributed by atoms with E-state index in [1.807, 2.05) is 49.4 Å². The molecule has 4 rings (SSSR count). The highest BCUT2D eigenvalue weighted by Gasteiger charge is 2.27. The van der Waals surface area contributed by atoms with Crippen LogP contribution in [0.4, 0.5) is 0 Å². The second-order valence-electron chi connectivity index (χ2n) is 6.95. The van der Waals surface area contributed by atoms with E-state index in [4.69, 9.17) is 14.2 Å². The second kappa shape index (κ2) is 8.45. The van der Waals surface area contributed by atoms with E-state index in [1.165, 1.54) is 6.20 Å². The third-order valence-corrected chi connectivity index (χ3v) is 4.84. The van der Waals surface area contributed by atoms with Crippen molar-refractivity contribution in [3.8, 4) is 11.5 Å². The number of fused-ring (bicyclic) bond motifs is 1. The van der Waals surface area contributed by atoms with Gasteiger partial charge < -0.3 is 19.1 Å². The maximum absolute atomic E-state index is 12.9. The van der Waals surface area contributed by atoms with E-state index < -0.39 is 0 Å². The molecule has 7 nitrogen and oxygen atoms in total. The summed E-state index contributed by atoms with van der Waals surface area (Å²) in [5.74, 6) is 1.19. The van der Waals surface area contributed by atoms with Crippen molar-refractivity contribution < 1.29 is 19.0 Å². The Hall–Kier alpha value is -3.19. The van der Waals surface area contributed by atoms with Crippen LogP contribution in [0.2, 0.25) is 0 Å². The monoisotopic (exact) mass is 393 g/mol. The molecular weight excluding hydrogens is 370 g/mol. The van der Waals surface area contributed by atoms with Crippen LogP contribution in [-0.2, 0) is 4.74 Å². The Morgan fingerprint density at radius 3 is 2.86 bits per heavy atom. The summed E-state index contributed by atoms with van der Waals surface area (Å²) in [4.78, 5) is 23.4. The summed E-state index contributed by atoms with van der Waals surface area (Å²) < 4.78 is 17.1. The van der Waals surface area contributed by atoms with E-state index in [0.717, 1.165) is 11.1 Å². The summed E-state index contributed by atoms with van der Waals surface area (Å²) in [6.07, 6.45) is 1.30. The number of hydrogen-bond acceptors (Lipinski definition) is 6. The molecule has 1 fully saturated rings. The fraction of sp³-hybridized carbons (Fsp3) is 0.318.